The molecule has 0 bridgehead atoms. The number of benzene rings is 2. The molecule has 2 N–H and O–H groups in total. The third-order valence-corrected chi connectivity index (χ3v) is 4.42. The van der Waals surface area contributed by atoms with Gasteiger partial charge in [-0.2, -0.15) is 0 Å². The van der Waals surface area contributed by atoms with Crippen molar-refractivity contribution in [3.8, 4) is 11.1 Å². The topological polar surface area (TPSA) is 84.9 Å². The Morgan fingerprint density at radius 2 is 1.65 bits per heavy atom. The van der Waals surface area contributed by atoms with Crippen molar-refractivity contribution in [3.05, 3.63) is 59.7 Å². The largest absolute Gasteiger partial charge is 0.480 e. The summed E-state index contributed by atoms with van der Waals surface area (Å²) < 4.78 is 10.4. The van der Waals surface area contributed by atoms with Gasteiger partial charge in [-0.15, -0.1) is 0 Å². The Hall–Kier alpha value is -2.86. The summed E-state index contributed by atoms with van der Waals surface area (Å²) in [6.45, 7) is 2.17. The molecule has 2 aromatic carbocycles. The Morgan fingerprint density at radius 1 is 1.08 bits per heavy atom. The lowest BCUT2D eigenvalue weighted by Gasteiger charge is -2.17. The number of aliphatic carboxylic acids is 1. The molecule has 2 aromatic rings. The minimum absolute atomic E-state index is 0.0664. The first kappa shape index (κ1) is 17.9. The van der Waals surface area contributed by atoms with E-state index in [1.807, 2.05) is 36.4 Å². The van der Waals surface area contributed by atoms with Crippen LogP contribution in [0.5, 0.6) is 0 Å². The molecule has 1 aliphatic carbocycles. The summed E-state index contributed by atoms with van der Waals surface area (Å²) in [5.41, 5.74) is 4.48. The molecular weight excluding hydrogens is 334 g/mol. The number of rotatable bonds is 7. The molecule has 0 aromatic heterocycles. The van der Waals surface area contributed by atoms with Gasteiger partial charge in [0.25, 0.3) is 0 Å². The van der Waals surface area contributed by atoms with Gasteiger partial charge < -0.3 is 19.9 Å². The van der Waals surface area contributed by atoms with Gasteiger partial charge in [-0.05, 0) is 29.2 Å². The maximum absolute atomic E-state index is 12.0. The van der Waals surface area contributed by atoms with Gasteiger partial charge in [0.1, 0.15) is 6.61 Å². The first-order chi connectivity index (χ1) is 12.6. The Morgan fingerprint density at radius 3 is 2.19 bits per heavy atom. The van der Waals surface area contributed by atoms with E-state index in [0.29, 0.717) is 6.61 Å². The zero-order chi connectivity index (χ0) is 18.5. The summed E-state index contributed by atoms with van der Waals surface area (Å²) in [7, 11) is 0. The van der Waals surface area contributed by atoms with Crippen molar-refractivity contribution in [1.29, 1.82) is 0 Å². The molecule has 6 nitrogen and oxygen atoms in total. The number of carboxylic acid groups (broad SMARTS) is 1. The van der Waals surface area contributed by atoms with Crippen LogP contribution in [-0.4, -0.2) is 43.0 Å². The maximum atomic E-state index is 12.0. The highest BCUT2D eigenvalue weighted by Crippen LogP contribution is 2.44. The van der Waals surface area contributed by atoms with E-state index in [9.17, 15) is 9.59 Å². The van der Waals surface area contributed by atoms with E-state index in [1.165, 1.54) is 0 Å². The molecule has 0 unspecified atom stereocenters. The van der Waals surface area contributed by atoms with Crippen molar-refractivity contribution in [3.63, 3.8) is 0 Å². The zero-order valence-electron chi connectivity index (χ0n) is 14.5. The summed E-state index contributed by atoms with van der Waals surface area (Å²) in [6.07, 6.45) is -0.765. The minimum Gasteiger partial charge on any atom is -0.480 e. The van der Waals surface area contributed by atoms with E-state index in [0.717, 1.165) is 22.3 Å². The van der Waals surface area contributed by atoms with E-state index in [1.54, 1.807) is 6.92 Å². The van der Waals surface area contributed by atoms with Gasteiger partial charge in [0, 0.05) is 12.5 Å². The third-order valence-electron chi connectivity index (χ3n) is 4.42. The van der Waals surface area contributed by atoms with E-state index < -0.39 is 18.1 Å². The van der Waals surface area contributed by atoms with Crippen LogP contribution in [-0.2, 0) is 14.3 Å². The average Bonchev–Trinajstić information content (AvgIpc) is 2.97. The zero-order valence-corrected chi connectivity index (χ0v) is 14.5. The molecule has 0 saturated heterocycles. The number of hydrogen-bond acceptors (Lipinski definition) is 4. The van der Waals surface area contributed by atoms with Crippen molar-refractivity contribution in [2.75, 3.05) is 19.8 Å². The van der Waals surface area contributed by atoms with Crippen LogP contribution in [0.15, 0.2) is 48.5 Å². The molecule has 0 spiro atoms. The van der Waals surface area contributed by atoms with Gasteiger partial charge in [-0.25, -0.2) is 9.59 Å². The number of alkyl carbamates (subject to hydrolysis) is 1. The molecule has 0 aliphatic heterocycles. The number of fused-ring (bicyclic) bond motifs is 3. The molecule has 0 heterocycles. The fraction of sp³-hybridized carbons (Fsp3) is 0.300. The fourth-order valence-electron chi connectivity index (χ4n) is 3.19. The molecule has 26 heavy (non-hydrogen) atoms. The van der Waals surface area contributed by atoms with Crippen molar-refractivity contribution in [2.24, 2.45) is 0 Å². The normalized spacial score (nSPS) is 13.6. The lowest BCUT2D eigenvalue weighted by molar-refractivity contribution is -0.140. The molecule has 1 atom stereocenters. The van der Waals surface area contributed by atoms with Crippen LogP contribution in [0.2, 0.25) is 0 Å². The summed E-state index contributed by atoms with van der Waals surface area (Å²) in [6, 6.07) is 14.9. The average molecular weight is 355 g/mol. The van der Waals surface area contributed by atoms with Gasteiger partial charge in [0.05, 0.1) is 6.61 Å². The van der Waals surface area contributed by atoms with Crippen LogP contribution < -0.4 is 5.32 Å². The van der Waals surface area contributed by atoms with Gasteiger partial charge >= 0.3 is 12.1 Å². The first-order valence-electron chi connectivity index (χ1n) is 8.54. The van der Waals surface area contributed by atoms with Gasteiger partial charge in [-0.3, -0.25) is 0 Å². The lowest BCUT2D eigenvalue weighted by Crippen LogP contribution is -2.44. The molecule has 0 radical (unpaired) electrons. The number of nitrogens with one attached hydrogen (secondary N) is 1. The predicted octanol–water partition coefficient (Wildman–Crippen LogP) is 3.01. The molecule has 136 valence electrons. The van der Waals surface area contributed by atoms with E-state index in [-0.39, 0.29) is 19.1 Å². The van der Waals surface area contributed by atoms with Crippen LogP contribution in [0.1, 0.15) is 24.0 Å². The number of ether oxygens (including phenoxy) is 2. The highest BCUT2D eigenvalue weighted by Gasteiger charge is 2.29. The number of hydrogen-bond donors (Lipinski definition) is 2. The highest BCUT2D eigenvalue weighted by molar-refractivity contribution is 5.81. The van der Waals surface area contributed by atoms with Crippen LogP contribution in [0, 0.1) is 0 Å². The predicted molar refractivity (Wildman–Crippen MR) is 96.1 cm³/mol. The van der Waals surface area contributed by atoms with E-state index >= 15 is 0 Å². The summed E-state index contributed by atoms with van der Waals surface area (Å²) in [4.78, 5) is 23.2. The second-order valence-corrected chi connectivity index (χ2v) is 6.02. The fourth-order valence-corrected chi connectivity index (χ4v) is 3.19. The monoisotopic (exact) mass is 355 g/mol. The highest BCUT2D eigenvalue weighted by atomic mass is 16.5. The molecule has 0 saturated carbocycles. The first-order valence-corrected chi connectivity index (χ1v) is 8.54. The minimum atomic E-state index is -1.16. The molecule has 3 rings (SSSR count). The van der Waals surface area contributed by atoms with Gasteiger partial charge in [0.2, 0.25) is 0 Å². The summed E-state index contributed by atoms with van der Waals surface area (Å²) >= 11 is 0. The summed E-state index contributed by atoms with van der Waals surface area (Å²) in [5.74, 6) is -1.23. The molecule has 0 fully saturated rings. The number of amides is 1. The number of carboxylic acids is 1. The Balaban J connectivity index is 1.68. The maximum Gasteiger partial charge on any atom is 0.407 e. The molecule has 1 amide bonds. The number of carbonyl (C=O) groups excluding carboxylic acids is 1. The smallest absolute Gasteiger partial charge is 0.407 e. The Labute approximate surface area is 151 Å². The molecular formula is C20H21NO5. The third kappa shape index (κ3) is 3.70. The van der Waals surface area contributed by atoms with Crippen LogP contribution in [0.4, 0.5) is 4.79 Å². The quantitative estimate of drug-likeness (QED) is 0.797. The van der Waals surface area contributed by atoms with Crippen LogP contribution >= 0.6 is 0 Å². The van der Waals surface area contributed by atoms with Gasteiger partial charge in [-0.1, -0.05) is 48.5 Å². The number of carbonyl (C=O) groups is 2. The van der Waals surface area contributed by atoms with Crippen molar-refractivity contribution in [2.45, 2.75) is 18.9 Å². The van der Waals surface area contributed by atoms with Gasteiger partial charge in [0.15, 0.2) is 6.04 Å². The van der Waals surface area contributed by atoms with Crippen LogP contribution in [0.3, 0.4) is 0 Å². The standard InChI is InChI=1S/C20H21NO5/c1-2-25-12-18(19(22)23)21-20(24)26-11-17-15-9-5-3-7-13(15)14-8-4-6-10-16(14)17/h3-10,17-18H,2,11-12H2,1H3,(H,21,24)(H,22,23)/t18-/m1/s1. The molecule has 1 aliphatic rings. The van der Waals surface area contributed by atoms with Crippen LogP contribution in [0.25, 0.3) is 11.1 Å². The SMILES string of the molecule is CCOC[C@@H](NC(=O)OCC1c2ccccc2-c2ccccc21)C(=O)O. The van der Waals surface area contributed by atoms with E-state index in [2.05, 4.69) is 17.4 Å². The second kappa shape index (κ2) is 8.01. The van der Waals surface area contributed by atoms with E-state index in [4.69, 9.17) is 14.6 Å². The Kier molecular flexibility index (Phi) is 5.53. The van der Waals surface area contributed by atoms with Crippen molar-refractivity contribution in [1.82, 2.24) is 5.32 Å². The van der Waals surface area contributed by atoms with Crippen molar-refractivity contribution < 1.29 is 24.2 Å². The summed E-state index contributed by atoms with van der Waals surface area (Å²) in [5, 5.41) is 11.5. The van der Waals surface area contributed by atoms with Crippen molar-refractivity contribution >= 4 is 12.1 Å². The lowest BCUT2D eigenvalue weighted by atomic mass is 9.98. The molecule has 6 heteroatoms. The second-order valence-electron chi connectivity index (χ2n) is 6.02. The Bertz CT molecular complexity index is 759.